The molecule has 0 radical (unpaired) electrons. The first-order valence-electron chi connectivity index (χ1n) is 4.87. The monoisotopic (exact) mass is 164 g/mol. The zero-order valence-corrected chi connectivity index (χ0v) is 8.72. The Balaban J connectivity index is 0.000000561. The lowest BCUT2D eigenvalue weighted by Gasteiger charge is -1.91. The average molecular weight is 164 g/mol. The van der Waals surface area contributed by atoms with E-state index in [2.05, 4.69) is 38.2 Å². The molecule has 0 nitrogen and oxygen atoms in total. The van der Waals surface area contributed by atoms with Crippen LogP contribution in [0.3, 0.4) is 0 Å². The fourth-order valence-electron chi connectivity index (χ4n) is 1.03. The highest BCUT2D eigenvalue weighted by molar-refractivity contribution is 5.30. The van der Waals surface area contributed by atoms with E-state index in [1.165, 1.54) is 11.1 Å². The zero-order valence-electron chi connectivity index (χ0n) is 8.72. The molecule has 0 spiro atoms. The predicted octanol–water partition coefficient (Wildman–Crippen LogP) is 4.26. The van der Waals surface area contributed by atoms with E-state index in [4.69, 9.17) is 0 Å². The zero-order chi connectivity index (χ0) is 9.40. The molecule has 68 valence electrons. The summed E-state index contributed by atoms with van der Waals surface area (Å²) >= 11 is 0. The van der Waals surface area contributed by atoms with Gasteiger partial charge in [0.15, 0.2) is 0 Å². The molecule has 0 aliphatic heterocycles. The SMILES string of the molecule is CC.CCC1=CCC=C(C)C=C1. The quantitative estimate of drug-likeness (QED) is 0.543. The Morgan fingerprint density at radius 1 is 1.17 bits per heavy atom. The molecule has 0 heterocycles. The third kappa shape index (κ3) is 4.17. The van der Waals surface area contributed by atoms with Gasteiger partial charge < -0.3 is 0 Å². The summed E-state index contributed by atoms with van der Waals surface area (Å²) < 4.78 is 0. The Labute approximate surface area is 76.7 Å². The molecule has 1 aliphatic rings. The van der Waals surface area contributed by atoms with Crippen LogP contribution in [0.15, 0.2) is 35.5 Å². The summed E-state index contributed by atoms with van der Waals surface area (Å²) in [4.78, 5) is 0. The van der Waals surface area contributed by atoms with E-state index in [1.54, 1.807) is 0 Å². The molecular weight excluding hydrogens is 144 g/mol. The third-order valence-electron chi connectivity index (χ3n) is 1.79. The normalized spacial score (nSPS) is 15.3. The number of hydrogen-bond acceptors (Lipinski definition) is 0. The summed E-state index contributed by atoms with van der Waals surface area (Å²) in [6.07, 6.45) is 11.2. The van der Waals surface area contributed by atoms with Crippen LogP contribution >= 0.6 is 0 Å². The highest BCUT2D eigenvalue weighted by Gasteiger charge is 1.91. The summed E-state index contributed by atoms with van der Waals surface area (Å²) in [6.45, 7) is 8.33. The average Bonchev–Trinajstić information content (AvgIpc) is 2.33. The van der Waals surface area contributed by atoms with Crippen LogP contribution in [0, 0.1) is 0 Å². The molecule has 0 bridgehead atoms. The Hall–Kier alpha value is -0.780. The van der Waals surface area contributed by atoms with Crippen molar-refractivity contribution in [1.29, 1.82) is 0 Å². The number of allylic oxidation sites excluding steroid dienone is 6. The highest BCUT2D eigenvalue weighted by atomic mass is 14.0. The summed E-state index contributed by atoms with van der Waals surface area (Å²) in [5.74, 6) is 0. The maximum atomic E-state index is 2.28. The Bertz CT molecular complexity index is 192. The van der Waals surface area contributed by atoms with Gasteiger partial charge in [0.25, 0.3) is 0 Å². The van der Waals surface area contributed by atoms with Crippen LogP contribution in [0.5, 0.6) is 0 Å². The van der Waals surface area contributed by atoms with E-state index in [0.717, 1.165) is 12.8 Å². The van der Waals surface area contributed by atoms with Crippen molar-refractivity contribution in [2.45, 2.75) is 40.5 Å². The minimum absolute atomic E-state index is 1.10. The minimum Gasteiger partial charge on any atom is -0.0778 e. The van der Waals surface area contributed by atoms with E-state index in [-0.39, 0.29) is 0 Å². The van der Waals surface area contributed by atoms with Gasteiger partial charge in [-0.3, -0.25) is 0 Å². The lowest BCUT2D eigenvalue weighted by atomic mass is 10.2. The van der Waals surface area contributed by atoms with Crippen molar-refractivity contribution >= 4 is 0 Å². The van der Waals surface area contributed by atoms with Gasteiger partial charge in [-0.25, -0.2) is 0 Å². The van der Waals surface area contributed by atoms with Crippen molar-refractivity contribution in [3.8, 4) is 0 Å². The second kappa shape index (κ2) is 6.90. The molecule has 0 fully saturated rings. The first kappa shape index (κ1) is 11.2. The fourth-order valence-corrected chi connectivity index (χ4v) is 1.03. The second-order valence-electron chi connectivity index (χ2n) is 2.65. The Kier molecular flexibility index (Phi) is 6.45. The Morgan fingerprint density at radius 2 is 1.83 bits per heavy atom. The summed E-state index contributed by atoms with van der Waals surface area (Å²) in [5, 5.41) is 0. The summed E-state index contributed by atoms with van der Waals surface area (Å²) in [6, 6.07) is 0. The maximum Gasteiger partial charge on any atom is -0.0158 e. The van der Waals surface area contributed by atoms with Gasteiger partial charge in [0.1, 0.15) is 0 Å². The van der Waals surface area contributed by atoms with E-state index >= 15 is 0 Å². The molecule has 1 rings (SSSR count). The van der Waals surface area contributed by atoms with E-state index in [9.17, 15) is 0 Å². The largest absolute Gasteiger partial charge is 0.0778 e. The van der Waals surface area contributed by atoms with E-state index in [1.807, 2.05) is 13.8 Å². The van der Waals surface area contributed by atoms with E-state index in [0.29, 0.717) is 0 Å². The van der Waals surface area contributed by atoms with Gasteiger partial charge in [0, 0.05) is 0 Å². The first-order chi connectivity index (χ1) is 5.83. The lowest BCUT2D eigenvalue weighted by molar-refractivity contribution is 1.13. The van der Waals surface area contributed by atoms with Crippen LogP contribution < -0.4 is 0 Å². The molecule has 0 N–H and O–H groups in total. The lowest BCUT2D eigenvalue weighted by Crippen LogP contribution is -1.70. The molecular formula is C12H20. The molecule has 1 aliphatic carbocycles. The van der Waals surface area contributed by atoms with Crippen LogP contribution in [-0.2, 0) is 0 Å². The topological polar surface area (TPSA) is 0 Å². The summed E-state index contributed by atoms with van der Waals surface area (Å²) in [5.41, 5.74) is 2.83. The van der Waals surface area contributed by atoms with Gasteiger partial charge >= 0.3 is 0 Å². The number of hydrogen-bond donors (Lipinski definition) is 0. The van der Waals surface area contributed by atoms with Crippen molar-refractivity contribution in [3.63, 3.8) is 0 Å². The smallest absolute Gasteiger partial charge is 0.0158 e. The minimum atomic E-state index is 1.10. The van der Waals surface area contributed by atoms with Crippen LogP contribution in [0.2, 0.25) is 0 Å². The standard InChI is InChI=1S/C10H14.C2H6/c1-3-10-6-4-5-9(2)7-8-10;1-2/h5-8H,3-4H2,1-2H3;1-2H3. The molecule has 0 aromatic heterocycles. The highest BCUT2D eigenvalue weighted by Crippen LogP contribution is 2.11. The predicted molar refractivity (Wildman–Crippen MR) is 57.2 cm³/mol. The molecule has 0 saturated carbocycles. The van der Waals surface area contributed by atoms with Gasteiger partial charge in [-0.15, -0.1) is 0 Å². The number of rotatable bonds is 1. The van der Waals surface area contributed by atoms with Gasteiger partial charge in [-0.05, 0) is 19.8 Å². The van der Waals surface area contributed by atoms with Crippen LogP contribution in [0.4, 0.5) is 0 Å². The van der Waals surface area contributed by atoms with Crippen molar-refractivity contribution in [2.24, 2.45) is 0 Å². The summed E-state index contributed by atoms with van der Waals surface area (Å²) in [7, 11) is 0. The van der Waals surface area contributed by atoms with Crippen molar-refractivity contribution < 1.29 is 0 Å². The van der Waals surface area contributed by atoms with Crippen LogP contribution in [0.1, 0.15) is 40.5 Å². The molecule has 0 aromatic rings. The van der Waals surface area contributed by atoms with Gasteiger partial charge in [-0.2, -0.15) is 0 Å². The fraction of sp³-hybridized carbons (Fsp3) is 0.500. The molecule has 0 unspecified atom stereocenters. The Morgan fingerprint density at radius 3 is 2.42 bits per heavy atom. The van der Waals surface area contributed by atoms with Crippen molar-refractivity contribution in [3.05, 3.63) is 35.5 Å². The maximum absolute atomic E-state index is 2.28. The van der Waals surface area contributed by atoms with Gasteiger partial charge in [0.05, 0.1) is 0 Å². The van der Waals surface area contributed by atoms with Gasteiger partial charge in [-0.1, -0.05) is 56.2 Å². The molecule has 0 amide bonds. The van der Waals surface area contributed by atoms with E-state index < -0.39 is 0 Å². The van der Waals surface area contributed by atoms with Crippen molar-refractivity contribution in [2.75, 3.05) is 0 Å². The molecule has 12 heavy (non-hydrogen) atoms. The second-order valence-corrected chi connectivity index (χ2v) is 2.65. The van der Waals surface area contributed by atoms with Crippen LogP contribution in [-0.4, -0.2) is 0 Å². The van der Waals surface area contributed by atoms with Crippen LogP contribution in [0.25, 0.3) is 0 Å². The third-order valence-corrected chi connectivity index (χ3v) is 1.79. The first-order valence-corrected chi connectivity index (χ1v) is 4.87. The molecule has 0 aromatic carbocycles. The molecule has 0 heteroatoms. The van der Waals surface area contributed by atoms with Gasteiger partial charge in [0.2, 0.25) is 0 Å². The molecule has 0 atom stereocenters. The molecule has 0 saturated heterocycles. The van der Waals surface area contributed by atoms with Crippen molar-refractivity contribution in [1.82, 2.24) is 0 Å².